The molecule has 0 aliphatic carbocycles. The first kappa shape index (κ1) is 14.1. The number of ether oxygens (including phenoxy) is 1. The minimum atomic E-state index is -0.198. The fourth-order valence-corrected chi connectivity index (χ4v) is 2.37. The molecule has 1 aliphatic heterocycles. The summed E-state index contributed by atoms with van der Waals surface area (Å²) >= 11 is 0. The zero-order valence-corrected chi connectivity index (χ0v) is 12.3. The van der Waals surface area contributed by atoms with E-state index in [2.05, 4.69) is 15.6 Å². The first-order valence-electron chi connectivity index (χ1n) is 7.11. The van der Waals surface area contributed by atoms with E-state index < -0.39 is 0 Å². The van der Waals surface area contributed by atoms with Crippen molar-refractivity contribution in [3.05, 3.63) is 59.7 Å². The van der Waals surface area contributed by atoms with Gasteiger partial charge in [0, 0.05) is 17.8 Å². The first-order valence-corrected chi connectivity index (χ1v) is 7.11. The highest BCUT2D eigenvalue weighted by molar-refractivity contribution is 6.07. The van der Waals surface area contributed by atoms with Gasteiger partial charge in [-0.05, 0) is 24.3 Å². The third-order valence-corrected chi connectivity index (χ3v) is 3.42. The van der Waals surface area contributed by atoms with Gasteiger partial charge in [-0.2, -0.15) is 0 Å². The molecular formula is C17H17N3O2. The van der Waals surface area contributed by atoms with E-state index in [1.54, 1.807) is 19.2 Å². The molecule has 1 aliphatic rings. The molecule has 2 aromatic rings. The molecule has 0 radical (unpaired) electrons. The van der Waals surface area contributed by atoms with Crippen LogP contribution in [0.25, 0.3) is 0 Å². The van der Waals surface area contributed by atoms with Crippen molar-refractivity contribution in [1.29, 1.82) is 0 Å². The van der Waals surface area contributed by atoms with E-state index in [-0.39, 0.29) is 5.91 Å². The van der Waals surface area contributed by atoms with Crippen LogP contribution in [0.3, 0.4) is 0 Å². The molecule has 3 rings (SSSR count). The molecule has 0 spiro atoms. The molecule has 5 nitrogen and oxygen atoms in total. The van der Waals surface area contributed by atoms with Gasteiger partial charge in [-0.1, -0.05) is 24.3 Å². The molecule has 0 aromatic heterocycles. The van der Waals surface area contributed by atoms with Crippen LogP contribution in [0.1, 0.15) is 15.9 Å². The van der Waals surface area contributed by atoms with E-state index in [4.69, 9.17) is 4.74 Å². The highest BCUT2D eigenvalue weighted by Crippen LogP contribution is 2.19. The van der Waals surface area contributed by atoms with Crippen molar-refractivity contribution in [2.24, 2.45) is 4.99 Å². The van der Waals surface area contributed by atoms with Gasteiger partial charge in [-0.25, -0.2) is 0 Å². The lowest BCUT2D eigenvalue weighted by molar-refractivity contribution is 0.102. The number of nitrogens with one attached hydrogen (secondary N) is 2. The summed E-state index contributed by atoms with van der Waals surface area (Å²) in [6.07, 6.45) is 0. The first-order chi connectivity index (χ1) is 10.8. The van der Waals surface area contributed by atoms with Gasteiger partial charge in [0.15, 0.2) is 0 Å². The van der Waals surface area contributed by atoms with Crippen LogP contribution in [0.2, 0.25) is 0 Å². The van der Waals surface area contributed by atoms with E-state index in [9.17, 15) is 4.79 Å². The van der Waals surface area contributed by atoms with Gasteiger partial charge >= 0.3 is 0 Å². The summed E-state index contributed by atoms with van der Waals surface area (Å²) in [6, 6.07) is 14.8. The summed E-state index contributed by atoms with van der Waals surface area (Å²) in [5, 5.41) is 6.12. The maximum Gasteiger partial charge on any atom is 0.259 e. The molecule has 2 aromatic carbocycles. The lowest BCUT2D eigenvalue weighted by Crippen LogP contribution is -2.20. The molecule has 2 N–H and O–H groups in total. The number of anilines is 1. The molecule has 0 atom stereocenters. The van der Waals surface area contributed by atoms with Crippen LogP contribution in [0.15, 0.2) is 53.5 Å². The van der Waals surface area contributed by atoms with Crippen molar-refractivity contribution >= 4 is 17.4 Å². The normalized spacial score (nSPS) is 13.2. The van der Waals surface area contributed by atoms with Crippen LogP contribution >= 0.6 is 0 Å². The zero-order chi connectivity index (χ0) is 15.4. The maximum absolute atomic E-state index is 12.4. The number of carbonyl (C=O) groups is 1. The molecular weight excluding hydrogens is 278 g/mol. The number of carbonyl (C=O) groups excluding carboxylic acids is 1. The van der Waals surface area contributed by atoms with Gasteiger partial charge in [0.1, 0.15) is 11.6 Å². The molecule has 0 saturated carbocycles. The Morgan fingerprint density at radius 1 is 1.23 bits per heavy atom. The van der Waals surface area contributed by atoms with Gasteiger partial charge in [0.05, 0.1) is 19.2 Å². The van der Waals surface area contributed by atoms with Crippen molar-refractivity contribution in [2.75, 3.05) is 25.5 Å². The van der Waals surface area contributed by atoms with Crippen LogP contribution in [0.5, 0.6) is 5.75 Å². The molecule has 1 heterocycles. The molecule has 0 fully saturated rings. The summed E-state index contributed by atoms with van der Waals surface area (Å²) in [6.45, 7) is 1.64. The minimum Gasteiger partial charge on any atom is -0.496 e. The second-order valence-electron chi connectivity index (χ2n) is 4.89. The predicted octanol–water partition coefficient (Wildman–Crippen LogP) is 2.30. The zero-order valence-electron chi connectivity index (χ0n) is 12.3. The summed E-state index contributed by atoms with van der Waals surface area (Å²) in [7, 11) is 1.55. The second-order valence-corrected chi connectivity index (χ2v) is 4.89. The fraction of sp³-hybridized carbons (Fsp3) is 0.176. The number of amides is 1. The number of methoxy groups -OCH3 is 1. The Balaban J connectivity index is 1.81. The fourth-order valence-electron chi connectivity index (χ4n) is 2.37. The van der Waals surface area contributed by atoms with Crippen molar-refractivity contribution in [1.82, 2.24) is 5.32 Å². The third-order valence-electron chi connectivity index (χ3n) is 3.42. The van der Waals surface area contributed by atoms with Crippen molar-refractivity contribution in [2.45, 2.75) is 0 Å². The smallest absolute Gasteiger partial charge is 0.259 e. The number of benzene rings is 2. The van der Waals surface area contributed by atoms with Crippen LogP contribution in [0, 0.1) is 0 Å². The number of aliphatic imine (C=N–C) groups is 1. The van der Waals surface area contributed by atoms with Gasteiger partial charge in [0.2, 0.25) is 0 Å². The monoisotopic (exact) mass is 295 g/mol. The Morgan fingerprint density at radius 2 is 2.09 bits per heavy atom. The molecule has 0 unspecified atom stereocenters. The van der Waals surface area contributed by atoms with Crippen LogP contribution in [-0.4, -0.2) is 31.9 Å². The minimum absolute atomic E-state index is 0.198. The van der Waals surface area contributed by atoms with E-state index >= 15 is 0 Å². The van der Waals surface area contributed by atoms with E-state index in [1.807, 2.05) is 36.4 Å². The Bertz CT molecular complexity index is 725. The third kappa shape index (κ3) is 2.93. The summed E-state index contributed by atoms with van der Waals surface area (Å²) < 4.78 is 5.22. The van der Waals surface area contributed by atoms with Gasteiger partial charge in [-0.15, -0.1) is 0 Å². The topological polar surface area (TPSA) is 62.7 Å². The van der Waals surface area contributed by atoms with Crippen molar-refractivity contribution < 1.29 is 9.53 Å². The highest BCUT2D eigenvalue weighted by atomic mass is 16.5. The number of para-hydroxylation sites is 1. The summed E-state index contributed by atoms with van der Waals surface area (Å²) in [5.74, 6) is 1.22. The largest absolute Gasteiger partial charge is 0.496 e. The van der Waals surface area contributed by atoms with Crippen LogP contribution in [-0.2, 0) is 0 Å². The van der Waals surface area contributed by atoms with Crippen molar-refractivity contribution in [3.63, 3.8) is 0 Å². The van der Waals surface area contributed by atoms with E-state index in [1.165, 1.54) is 0 Å². The Hall–Kier alpha value is -2.82. The number of hydrogen-bond acceptors (Lipinski definition) is 4. The van der Waals surface area contributed by atoms with E-state index in [0.717, 1.165) is 30.2 Å². The molecule has 0 bridgehead atoms. The summed E-state index contributed by atoms with van der Waals surface area (Å²) in [5.41, 5.74) is 2.20. The molecule has 1 amide bonds. The number of rotatable bonds is 4. The predicted molar refractivity (Wildman–Crippen MR) is 86.8 cm³/mol. The standard InChI is InChI=1S/C17H17N3O2/c1-22-15-8-3-2-7-14(15)17(21)20-13-6-4-5-12(11-13)16-18-9-10-19-16/h2-8,11H,9-10H2,1H3,(H,18,19)(H,20,21). The summed E-state index contributed by atoms with van der Waals surface area (Å²) in [4.78, 5) is 16.8. The van der Waals surface area contributed by atoms with Gasteiger partial charge in [-0.3, -0.25) is 9.79 Å². The average Bonchev–Trinajstić information content (AvgIpc) is 3.09. The SMILES string of the molecule is COc1ccccc1C(=O)Nc1cccc(C2=NCCN2)c1. The molecule has 22 heavy (non-hydrogen) atoms. The van der Waals surface area contributed by atoms with Gasteiger partial charge in [0.25, 0.3) is 5.91 Å². The van der Waals surface area contributed by atoms with E-state index in [0.29, 0.717) is 11.3 Å². The lowest BCUT2D eigenvalue weighted by Gasteiger charge is -2.10. The quantitative estimate of drug-likeness (QED) is 0.909. The number of hydrogen-bond donors (Lipinski definition) is 2. The van der Waals surface area contributed by atoms with Crippen LogP contribution < -0.4 is 15.4 Å². The number of amidine groups is 1. The van der Waals surface area contributed by atoms with Gasteiger partial charge < -0.3 is 15.4 Å². The Morgan fingerprint density at radius 3 is 2.86 bits per heavy atom. The lowest BCUT2D eigenvalue weighted by atomic mass is 10.1. The van der Waals surface area contributed by atoms with Crippen molar-refractivity contribution in [3.8, 4) is 5.75 Å². The second kappa shape index (κ2) is 6.30. The molecule has 112 valence electrons. The highest BCUT2D eigenvalue weighted by Gasteiger charge is 2.13. The number of nitrogens with zero attached hydrogens (tertiary/aromatic N) is 1. The maximum atomic E-state index is 12.4. The Labute approximate surface area is 129 Å². The van der Waals surface area contributed by atoms with Crippen LogP contribution in [0.4, 0.5) is 5.69 Å². The average molecular weight is 295 g/mol. The molecule has 5 heteroatoms. The Kier molecular flexibility index (Phi) is 4.05. The molecule has 0 saturated heterocycles.